The number of benzene rings is 2. The van der Waals surface area contributed by atoms with Crippen molar-refractivity contribution in [1.82, 2.24) is 10.3 Å². The summed E-state index contributed by atoms with van der Waals surface area (Å²) in [6.45, 7) is 4.84. The number of carbonyl (C=O) groups is 1. The van der Waals surface area contributed by atoms with E-state index >= 15 is 0 Å². The minimum absolute atomic E-state index is 0.111. The lowest BCUT2D eigenvalue weighted by atomic mass is 9.85. The van der Waals surface area contributed by atoms with Gasteiger partial charge in [0.1, 0.15) is 0 Å². The summed E-state index contributed by atoms with van der Waals surface area (Å²) in [7, 11) is 0. The molecule has 0 aliphatic heterocycles. The molecule has 1 N–H and O–H groups in total. The van der Waals surface area contributed by atoms with Gasteiger partial charge >= 0.3 is 6.18 Å². The fraction of sp³-hybridized carbons (Fsp3) is 0.296. The molecule has 0 aliphatic carbocycles. The van der Waals surface area contributed by atoms with E-state index in [1.807, 2.05) is 19.1 Å². The van der Waals surface area contributed by atoms with Crippen LogP contribution < -0.4 is 10.1 Å². The number of rotatable bonds is 8. The van der Waals surface area contributed by atoms with Crippen LogP contribution in [0.5, 0.6) is 5.88 Å². The fourth-order valence-corrected chi connectivity index (χ4v) is 4.32. The standard InChI is InChI=1S/C27H25ClF3N3O2S/c1-16(34-25(35)26(2,3)36-24-10-8-20(15-33-24)27(29,30)31)22(18-6-4-5-17(11-18)14-32)12-19-7-9-21(28)13-23(19)37/h4-11,13,15-16,22,37H,12H2,1-3H3,(H,34,35)/t16-,22?/m0/s1. The number of carbonyl (C=O) groups excluding carboxylic acids is 1. The minimum Gasteiger partial charge on any atom is -0.462 e. The molecular formula is C27H25ClF3N3O2S. The molecule has 0 radical (unpaired) electrons. The number of nitriles is 1. The van der Waals surface area contributed by atoms with Crippen molar-refractivity contribution >= 4 is 30.1 Å². The maximum Gasteiger partial charge on any atom is 0.417 e. The molecule has 1 amide bonds. The van der Waals surface area contributed by atoms with Crippen molar-refractivity contribution in [2.24, 2.45) is 0 Å². The first kappa shape index (κ1) is 28.4. The first-order valence-corrected chi connectivity index (χ1v) is 12.1. The van der Waals surface area contributed by atoms with E-state index in [1.165, 1.54) is 13.8 Å². The number of aromatic nitrogens is 1. The molecule has 0 aliphatic rings. The number of hydrogen-bond donors (Lipinski definition) is 2. The Balaban J connectivity index is 1.82. The highest BCUT2D eigenvalue weighted by molar-refractivity contribution is 7.80. The molecule has 3 rings (SSSR count). The maximum atomic E-state index is 13.2. The highest BCUT2D eigenvalue weighted by Gasteiger charge is 2.35. The Bertz CT molecular complexity index is 1310. The second kappa shape index (κ2) is 11.4. The summed E-state index contributed by atoms with van der Waals surface area (Å²) in [5.74, 6) is -0.838. The lowest BCUT2D eigenvalue weighted by Gasteiger charge is -2.31. The predicted molar refractivity (Wildman–Crippen MR) is 138 cm³/mol. The highest BCUT2D eigenvalue weighted by atomic mass is 35.5. The molecule has 37 heavy (non-hydrogen) atoms. The Morgan fingerprint density at radius 3 is 2.51 bits per heavy atom. The normalized spacial score (nSPS) is 13.4. The molecule has 0 saturated carbocycles. The zero-order chi connectivity index (χ0) is 27.4. The summed E-state index contributed by atoms with van der Waals surface area (Å²) < 4.78 is 44.1. The van der Waals surface area contributed by atoms with Crippen LogP contribution in [0.1, 0.15) is 48.9 Å². The number of alkyl halides is 3. The van der Waals surface area contributed by atoms with Crippen LogP contribution in [0.25, 0.3) is 0 Å². The Labute approximate surface area is 224 Å². The number of pyridine rings is 1. The van der Waals surface area contributed by atoms with Crippen LogP contribution in [-0.2, 0) is 17.4 Å². The van der Waals surface area contributed by atoms with E-state index in [2.05, 4.69) is 29.0 Å². The molecular weight excluding hydrogens is 523 g/mol. The van der Waals surface area contributed by atoms with E-state index in [-0.39, 0.29) is 11.8 Å². The van der Waals surface area contributed by atoms with Gasteiger partial charge in [0.25, 0.3) is 5.91 Å². The average molecular weight is 548 g/mol. The third-order valence-electron chi connectivity index (χ3n) is 5.86. The van der Waals surface area contributed by atoms with Crippen molar-refractivity contribution in [2.75, 3.05) is 0 Å². The van der Waals surface area contributed by atoms with E-state index in [1.54, 1.807) is 30.3 Å². The summed E-state index contributed by atoms with van der Waals surface area (Å²) in [5, 5.41) is 12.9. The van der Waals surface area contributed by atoms with Gasteiger partial charge in [-0.05, 0) is 68.7 Å². The third kappa shape index (κ3) is 7.40. The number of halogens is 4. The van der Waals surface area contributed by atoms with Crippen LogP contribution in [0, 0.1) is 11.3 Å². The quantitative estimate of drug-likeness (QED) is 0.311. The van der Waals surface area contributed by atoms with Crippen molar-refractivity contribution in [2.45, 2.75) is 55.8 Å². The van der Waals surface area contributed by atoms with Gasteiger partial charge in [0.2, 0.25) is 5.88 Å². The van der Waals surface area contributed by atoms with Gasteiger partial charge in [-0.2, -0.15) is 18.4 Å². The van der Waals surface area contributed by atoms with Crippen molar-refractivity contribution in [3.05, 3.63) is 88.1 Å². The number of hydrogen-bond acceptors (Lipinski definition) is 5. The Kier molecular flexibility index (Phi) is 8.77. The monoisotopic (exact) mass is 547 g/mol. The zero-order valence-corrected chi connectivity index (χ0v) is 22.0. The van der Waals surface area contributed by atoms with Crippen LogP contribution in [0.4, 0.5) is 13.2 Å². The highest BCUT2D eigenvalue weighted by Crippen LogP contribution is 2.31. The number of amides is 1. The van der Waals surface area contributed by atoms with Gasteiger partial charge in [0.15, 0.2) is 5.60 Å². The van der Waals surface area contributed by atoms with Crippen LogP contribution in [0.3, 0.4) is 0 Å². The largest absolute Gasteiger partial charge is 0.462 e. The van der Waals surface area contributed by atoms with Crippen molar-refractivity contribution in [3.63, 3.8) is 0 Å². The predicted octanol–water partition coefficient (Wildman–Crippen LogP) is 6.60. The second-order valence-electron chi connectivity index (χ2n) is 9.08. The summed E-state index contributed by atoms with van der Waals surface area (Å²) in [4.78, 5) is 17.6. The molecule has 1 unspecified atom stereocenters. The number of nitrogens with zero attached hydrogens (tertiary/aromatic N) is 2. The van der Waals surface area contributed by atoms with Crippen molar-refractivity contribution < 1.29 is 22.7 Å². The first-order valence-electron chi connectivity index (χ1n) is 11.3. The van der Waals surface area contributed by atoms with Gasteiger partial charge < -0.3 is 10.1 Å². The van der Waals surface area contributed by atoms with Gasteiger partial charge in [0.05, 0.1) is 17.2 Å². The molecule has 0 fully saturated rings. The zero-order valence-electron chi connectivity index (χ0n) is 20.3. The van der Waals surface area contributed by atoms with Crippen LogP contribution in [0.15, 0.2) is 65.7 Å². The smallest absolute Gasteiger partial charge is 0.417 e. The van der Waals surface area contributed by atoms with Crippen LogP contribution in [0.2, 0.25) is 5.02 Å². The van der Waals surface area contributed by atoms with Gasteiger partial charge in [-0.15, -0.1) is 12.6 Å². The summed E-state index contributed by atoms with van der Waals surface area (Å²) in [6.07, 6.45) is -3.37. The molecule has 194 valence electrons. The molecule has 2 atom stereocenters. The van der Waals surface area contributed by atoms with E-state index in [9.17, 15) is 23.2 Å². The minimum atomic E-state index is -4.53. The Morgan fingerprint density at radius 2 is 1.92 bits per heavy atom. The number of ether oxygens (including phenoxy) is 1. The Hall–Kier alpha value is -3.22. The number of nitrogens with one attached hydrogen (secondary N) is 1. The average Bonchev–Trinajstić information content (AvgIpc) is 2.83. The molecule has 0 bridgehead atoms. The number of thiol groups is 1. The van der Waals surface area contributed by atoms with E-state index in [4.69, 9.17) is 16.3 Å². The topological polar surface area (TPSA) is 75.0 Å². The van der Waals surface area contributed by atoms with Crippen LogP contribution in [-0.4, -0.2) is 22.5 Å². The lowest BCUT2D eigenvalue weighted by Crippen LogP contribution is -2.51. The maximum absolute atomic E-state index is 13.2. The van der Waals surface area contributed by atoms with Crippen molar-refractivity contribution in [1.29, 1.82) is 5.26 Å². The summed E-state index contributed by atoms with van der Waals surface area (Å²) >= 11 is 10.6. The summed E-state index contributed by atoms with van der Waals surface area (Å²) in [5.41, 5.74) is -0.109. The van der Waals surface area contributed by atoms with E-state index < -0.39 is 29.3 Å². The molecule has 1 aromatic heterocycles. The Morgan fingerprint density at radius 1 is 1.19 bits per heavy atom. The van der Waals surface area contributed by atoms with E-state index in [0.717, 1.165) is 23.3 Å². The molecule has 0 saturated heterocycles. The first-order chi connectivity index (χ1) is 17.3. The van der Waals surface area contributed by atoms with E-state index in [0.29, 0.717) is 28.1 Å². The molecule has 1 heterocycles. The van der Waals surface area contributed by atoms with Crippen LogP contribution >= 0.6 is 24.2 Å². The lowest BCUT2D eigenvalue weighted by molar-refractivity contribution is -0.138. The fourth-order valence-electron chi connectivity index (χ4n) is 3.77. The molecule has 0 spiro atoms. The second-order valence-corrected chi connectivity index (χ2v) is 10.00. The van der Waals surface area contributed by atoms with Gasteiger partial charge in [0, 0.05) is 34.1 Å². The third-order valence-corrected chi connectivity index (χ3v) is 6.51. The molecule has 5 nitrogen and oxygen atoms in total. The SMILES string of the molecule is C[C@H](NC(=O)C(C)(C)Oc1ccc(C(F)(F)F)cn1)C(Cc1ccc(Cl)cc1S)c1cccc(C#N)c1. The van der Waals surface area contributed by atoms with Crippen molar-refractivity contribution in [3.8, 4) is 11.9 Å². The molecule has 10 heteroatoms. The molecule has 3 aromatic rings. The van der Waals surface area contributed by atoms with Gasteiger partial charge in [-0.25, -0.2) is 4.98 Å². The van der Waals surface area contributed by atoms with Gasteiger partial charge in [-0.1, -0.05) is 29.8 Å². The molecule has 2 aromatic carbocycles. The van der Waals surface area contributed by atoms with Gasteiger partial charge in [-0.3, -0.25) is 4.79 Å². The summed E-state index contributed by atoms with van der Waals surface area (Å²) in [6, 6.07) is 16.1.